The van der Waals surface area contributed by atoms with E-state index in [1.807, 2.05) is 6.92 Å². The van der Waals surface area contributed by atoms with Crippen LogP contribution in [0.4, 0.5) is 5.69 Å². The first-order valence-electron chi connectivity index (χ1n) is 12.7. The smallest absolute Gasteiger partial charge is 0.0464 e. The van der Waals surface area contributed by atoms with E-state index < -0.39 is 0 Å². The number of hydrogen-bond donors (Lipinski definition) is 1. The number of hydrogen-bond acceptors (Lipinski definition) is 1. The Hall–Kier alpha value is -4.36. The van der Waals surface area contributed by atoms with E-state index in [2.05, 4.69) is 133 Å². The Morgan fingerprint density at radius 2 is 1.64 bits per heavy atom. The summed E-state index contributed by atoms with van der Waals surface area (Å²) < 4.78 is 0. The molecule has 2 bridgehead atoms. The van der Waals surface area contributed by atoms with E-state index in [-0.39, 0.29) is 0 Å². The minimum Gasteiger partial charge on any atom is -0.355 e. The zero-order valence-corrected chi connectivity index (χ0v) is 20.5. The Balaban J connectivity index is 1.36. The lowest BCUT2D eigenvalue weighted by Gasteiger charge is -2.16. The highest BCUT2D eigenvalue weighted by Gasteiger charge is 2.20. The van der Waals surface area contributed by atoms with E-state index in [4.69, 9.17) is 0 Å². The van der Waals surface area contributed by atoms with Crippen LogP contribution in [0.1, 0.15) is 41.2 Å². The third kappa shape index (κ3) is 4.25. The molecule has 0 unspecified atom stereocenters. The summed E-state index contributed by atoms with van der Waals surface area (Å²) in [5.41, 5.74) is 11.5. The molecule has 0 saturated heterocycles. The van der Waals surface area contributed by atoms with E-state index in [9.17, 15) is 0 Å². The molecule has 174 valence electrons. The SMILES string of the molecule is C/C=C\C=C/C1=Cc2ccc(C3=C(Nc4ccc(Cc5ccccc5)c5ccccc45)C=CC3)c1c2. The quantitative estimate of drug-likeness (QED) is 0.269. The van der Waals surface area contributed by atoms with Crippen LogP contribution in [0.15, 0.2) is 127 Å². The molecule has 0 fully saturated rings. The Morgan fingerprint density at radius 1 is 0.806 bits per heavy atom. The maximum absolute atomic E-state index is 3.80. The fourth-order valence-corrected chi connectivity index (χ4v) is 5.28. The average molecular weight is 464 g/mol. The van der Waals surface area contributed by atoms with Gasteiger partial charge in [0.25, 0.3) is 0 Å². The molecule has 6 rings (SSSR count). The van der Waals surface area contributed by atoms with Gasteiger partial charge < -0.3 is 5.32 Å². The van der Waals surface area contributed by atoms with Crippen LogP contribution in [-0.4, -0.2) is 0 Å². The van der Waals surface area contributed by atoms with Crippen LogP contribution in [0.3, 0.4) is 0 Å². The zero-order valence-electron chi connectivity index (χ0n) is 20.5. The molecule has 0 aromatic heterocycles. The third-order valence-electron chi connectivity index (χ3n) is 7.03. The highest BCUT2D eigenvalue weighted by atomic mass is 14.9. The topological polar surface area (TPSA) is 12.0 Å². The number of nitrogens with one attached hydrogen (secondary N) is 1. The first kappa shape index (κ1) is 22.1. The monoisotopic (exact) mass is 463 g/mol. The Kier molecular flexibility index (Phi) is 5.97. The average Bonchev–Trinajstić information content (AvgIpc) is 3.51. The molecule has 0 radical (unpaired) electrons. The van der Waals surface area contributed by atoms with Gasteiger partial charge in [-0.3, -0.25) is 0 Å². The van der Waals surface area contributed by atoms with Gasteiger partial charge in [0.05, 0.1) is 0 Å². The van der Waals surface area contributed by atoms with Crippen molar-refractivity contribution in [1.82, 2.24) is 0 Å². The van der Waals surface area contributed by atoms with Crippen LogP contribution in [0, 0.1) is 0 Å². The van der Waals surface area contributed by atoms with Gasteiger partial charge in [-0.15, -0.1) is 0 Å². The largest absolute Gasteiger partial charge is 0.355 e. The Morgan fingerprint density at radius 3 is 2.50 bits per heavy atom. The van der Waals surface area contributed by atoms with Crippen molar-refractivity contribution < 1.29 is 0 Å². The summed E-state index contributed by atoms with van der Waals surface area (Å²) in [6, 6.07) is 30.8. The van der Waals surface area contributed by atoms with E-state index in [1.165, 1.54) is 55.4 Å². The van der Waals surface area contributed by atoms with Gasteiger partial charge in [0, 0.05) is 16.8 Å². The molecule has 2 aliphatic rings. The third-order valence-corrected chi connectivity index (χ3v) is 7.03. The molecule has 4 aromatic rings. The van der Waals surface area contributed by atoms with Gasteiger partial charge >= 0.3 is 0 Å². The number of rotatable bonds is 7. The fourth-order valence-electron chi connectivity index (χ4n) is 5.28. The van der Waals surface area contributed by atoms with Gasteiger partial charge in [-0.05, 0) is 88.4 Å². The van der Waals surface area contributed by atoms with E-state index in [1.54, 1.807) is 0 Å². The van der Waals surface area contributed by atoms with Gasteiger partial charge in [-0.25, -0.2) is 0 Å². The zero-order chi connectivity index (χ0) is 24.3. The first-order chi connectivity index (χ1) is 17.8. The molecule has 1 nitrogen and oxygen atoms in total. The van der Waals surface area contributed by atoms with Crippen LogP contribution < -0.4 is 5.32 Å². The highest BCUT2D eigenvalue weighted by Crippen LogP contribution is 2.40. The minimum atomic E-state index is 0.932. The number of fused-ring (bicyclic) bond motifs is 3. The number of allylic oxidation sites excluding steroid dienone is 8. The Labute approximate surface area is 213 Å². The number of benzene rings is 4. The molecule has 1 N–H and O–H groups in total. The Bertz CT molecular complexity index is 1590. The molecule has 4 aromatic carbocycles. The first-order valence-corrected chi connectivity index (χ1v) is 12.7. The van der Waals surface area contributed by atoms with Gasteiger partial charge in [0.2, 0.25) is 0 Å². The van der Waals surface area contributed by atoms with Crippen LogP contribution >= 0.6 is 0 Å². The molecule has 0 spiro atoms. The normalized spacial score (nSPS) is 14.5. The van der Waals surface area contributed by atoms with Crippen molar-refractivity contribution in [2.45, 2.75) is 19.8 Å². The van der Waals surface area contributed by atoms with Crippen molar-refractivity contribution >= 4 is 33.7 Å². The summed E-state index contributed by atoms with van der Waals surface area (Å²) >= 11 is 0. The van der Waals surface area contributed by atoms with Crippen LogP contribution in [0.5, 0.6) is 0 Å². The minimum absolute atomic E-state index is 0.932. The second-order valence-electron chi connectivity index (χ2n) is 9.39. The maximum atomic E-state index is 3.80. The van der Waals surface area contributed by atoms with Crippen molar-refractivity contribution in [2.24, 2.45) is 0 Å². The second kappa shape index (κ2) is 9.71. The van der Waals surface area contributed by atoms with Crippen LogP contribution in [0.2, 0.25) is 0 Å². The molecule has 0 atom stereocenters. The summed E-state index contributed by atoms with van der Waals surface area (Å²) in [5, 5.41) is 6.36. The van der Waals surface area contributed by atoms with Gasteiger partial charge in [0.15, 0.2) is 0 Å². The molecule has 1 heteroatoms. The predicted molar refractivity (Wildman–Crippen MR) is 156 cm³/mol. The highest BCUT2D eigenvalue weighted by molar-refractivity contribution is 6.00. The van der Waals surface area contributed by atoms with Crippen molar-refractivity contribution in [3.8, 4) is 0 Å². The lowest BCUT2D eigenvalue weighted by Crippen LogP contribution is -2.01. The molecule has 0 amide bonds. The summed E-state index contributed by atoms with van der Waals surface area (Å²) in [6.45, 7) is 2.05. The summed E-state index contributed by atoms with van der Waals surface area (Å²) in [5.74, 6) is 0. The van der Waals surface area contributed by atoms with Crippen molar-refractivity contribution in [1.29, 1.82) is 0 Å². The lowest BCUT2D eigenvalue weighted by atomic mass is 9.95. The molecule has 2 aliphatic carbocycles. The molecule has 0 aliphatic heterocycles. The van der Waals surface area contributed by atoms with Crippen molar-refractivity contribution in [3.05, 3.63) is 155 Å². The summed E-state index contributed by atoms with van der Waals surface area (Å²) in [4.78, 5) is 0. The van der Waals surface area contributed by atoms with Gasteiger partial charge in [-0.2, -0.15) is 0 Å². The molecule has 0 saturated carbocycles. The summed E-state index contributed by atoms with van der Waals surface area (Å²) in [6.07, 6.45) is 17.1. The maximum Gasteiger partial charge on any atom is 0.0464 e. The summed E-state index contributed by atoms with van der Waals surface area (Å²) in [7, 11) is 0. The van der Waals surface area contributed by atoms with E-state index in [0.29, 0.717) is 0 Å². The van der Waals surface area contributed by atoms with Crippen molar-refractivity contribution in [3.63, 3.8) is 0 Å². The van der Waals surface area contributed by atoms with Crippen LogP contribution in [-0.2, 0) is 6.42 Å². The van der Waals surface area contributed by atoms with Gasteiger partial charge in [0.1, 0.15) is 0 Å². The van der Waals surface area contributed by atoms with Gasteiger partial charge in [-0.1, -0.05) is 103 Å². The van der Waals surface area contributed by atoms with E-state index >= 15 is 0 Å². The van der Waals surface area contributed by atoms with E-state index in [0.717, 1.165) is 18.5 Å². The number of anilines is 1. The van der Waals surface area contributed by atoms with Crippen molar-refractivity contribution in [2.75, 3.05) is 5.32 Å². The lowest BCUT2D eigenvalue weighted by molar-refractivity contribution is 1.21. The fraction of sp³-hybridized carbons (Fsp3) is 0.0857. The van der Waals surface area contributed by atoms with Crippen LogP contribution in [0.25, 0.3) is 28.0 Å². The second-order valence-corrected chi connectivity index (χ2v) is 9.39. The molecule has 36 heavy (non-hydrogen) atoms. The standard InChI is InChI=1S/C35H29N/c1-2-3-5-13-27-23-26-18-20-30(33(27)24-26)32-16-10-17-34(32)36-35-21-19-28(22-25-11-6-4-7-12-25)29-14-8-9-15-31(29)35/h2-15,17-21,23-24,36H,16,22H2,1H3/b3-2-,13-5-. The molecular weight excluding hydrogens is 434 g/mol. The molecular formula is C35H29N. The predicted octanol–water partition coefficient (Wildman–Crippen LogP) is 9.20. The molecule has 0 heterocycles.